The lowest BCUT2D eigenvalue weighted by atomic mass is 10.2. The standard InChI is InChI=1S/C12H15NO3S/c1-10(8-9-17(2,15)16)13-12(14)11-6-4-3-5-7-11/h3-10H,1-2H3,(H,13,14)/b9-8+/t10-/m1/s1. The summed E-state index contributed by atoms with van der Waals surface area (Å²) in [4.78, 5) is 11.7. The van der Waals surface area contributed by atoms with Gasteiger partial charge in [-0.1, -0.05) is 24.3 Å². The number of carbonyl (C=O) groups excluding carboxylic acids is 1. The van der Waals surface area contributed by atoms with Gasteiger partial charge in [0.05, 0.1) is 0 Å². The molecule has 1 N–H and O–H groups in total. The molecule has 0 saturated carbocycles. The average Bonchev–Trinajstić information content (AvgIpc) is 2.27. The van der Waals surface area contributed by atoms with Gasteiger partial charge in [0.1, 0.15) is 0 Å². The second-order valence-electron chi connectivity index (χ2n) is 3.79. The average molecular weight is 253 g/mol. The number of sulfone groups is 1. The first-order valence-electron chi connectivity index (χ1n) is 5.12. The van der Waals surface area contributed by atoms with Crippen LogP contribution in [0.15, 0.2) is 41.8 Å². The van der Waals surface area contributed by atoms with E-state index in [9.17, 15) is 13.2 Å². The molecule has 0 aliphatic heterocycles. The van der Waals surface area contributed by atoms with Crippen molar-refractivity contribution in [1.29, 1.82) is 0 Å². The fourth-order valence-corrected chi connectivity index (χ4v) is 1.71. The van der Waals surface area contributed by atoms with Crippen molar-refractivity contribution in [1.82, 2.24) is 5.32 Å². The van der Waals surface area contributed by atoms with E-state index in [-0.39, 0.29) is 11.9 Å². The molecule has 92 valence electrons. The summed E-state index contributed by atoms with van der Waals surface area (Å²) < 4.78 is 21.8. The van der Waals surface area contributed by atoms with Gasteiger partial charge in [0.25, 0.3) is 5.91 Å². The Labute approximate surface area is 101 Å². The third kappa shape index (κ3) is 5.31. The van der Waals surface area contributed by atoms with Gasteiger partial charge in [0.15, 0.2) is 9.84 Å². The van der Waals surface area contributed by atoms with Gasteiger partial charge in [-0.2, -0.15) is 0 Å². The van der Waals surface area contributed by atoms with Crippen LogP contribution in [-0.2, 0) is 9.84 Å². The van der Waals surface area contributed by atoms with E-state index in [0.29, 0.717) is 5.56 Å². The first-order chi connectivity index (χ1) is 7.88. The normalized spacial score (nSPS) is 13.5. The predicted molar refractivity (Wildman–Crippen MR) is 67.4 cm³/mol. The number of hydrogen-bond donors (Lipinski definition) is 1. The van der Waals surface area contributed by atoms with E-state index in [1.54, 1.807) is 31.2 Å². The van der Waals surface area contributed by atoms with Crippen LogP contribution < -0.4 is 5.32 Å². The lowest BCUT2D eigenvalue weighted by molar-refractivity contribution is 0.0947. The minimum Gasteiger partial charge on any atom is -0.346 e. The van der Waals surface area contributed by atoms with Gasteiger partial charge in [0.2, 0.25) is 0 Å². The summed E-state index contributed by atoms with van der Waals surface area (Å²) in [5, 5.41) is 3.76. The number of benzene rings is 1. The number of rotatable bonds is 4. The fourth-order valence-electron chi connectivity index (χ4n) is 1.19. The highest BCUT2D eigenvalue weighted by atomic mass is 32.2. The second-order valence-corrected chi connectivity index (χ2v) is 5.72. The summed E-state index contributed by atoms with van der Waals surface area (Å²) in [6.45, 7) is 1.71. The van der Waals surface area contributed by atoms with Crippen molar-refractivity contribution in [2.24, 2.45) is 0 Å². The van der Waals surface area contributed by atoms with Gasteiger partial charge < -0.3 is 5.32 Å². The van der Waals surface area contributed by atoms with E-state index in [0.717, 1.165) is 11.7 Å². The molecule has 1 aromatic carbocycles. The SMILES string of the molecule is C[C@H](/C=C/S(C)(=O)=O)NC(=O)c1ccccc1. The van der Waals surface area contributed by atoms with Crippen molar-refractivity contribution in [2.45, 2.75) is 13.0 Å². The van der Waals surface area contributed by atoms with E-state index in [2.05, 4.69) is 5.32 Å². The Morgan fingerprint density at radius 1 is 1.29 bits per heavy atom. The second kappa shape index (κ2) is 5.63. The molecule has 1 rings (SSSR count). The topological polar surface area (TPSA) is 63.2 Å². The van der Waals surface area contributed by atoms with Crippen molar-refractivity contribution >= 4 is 15.7 Å². The molecule has 17 heavy (non-hydrogen) atoms. The van der Waals surface area contributed by atoms with Crippen LogP contribution in [0.3, 0.4) is 0 Å². The minimum absolute atomic E-state index is 0.226. The van der Waals surface area contributed by atoms with Gasteiger partial charge in [-0.3, -0.25) is 4.79 Å². The van der Waals surface area contributed by atoms with Crippen molar-refractivity contribution in [2.75, 3.05) is 6.26 Å². The minimum atomic E-state index is -3.15. The molecule has 0 bridgehead atoms. The van der Waals surface area contributed by atoms with E-state index in [4.69, 9.17) is 0 Å². The van der Waals surface area contributed by atoms with Gasteiger partial charge in [-0.15, -0.1) is 0 Å². The zero-order valence-corrected chi connectivity index (χ0v) is 10.6. The van der Waals surface area contributed by atoms with Gasteiger partial charge in [-0.25, -0.2) is 8.42 Å². The van der Waals surface area contributed by atoms with E-state index < -0.39 is 9.84 Å². The van der Waals surface area contributed by atoms with Crippen LogP contribution in [0.1, 0.15) is 17.3 Å². The Hall–Kier alpha value is -1.62. The van der Waals surface area contributed by atoms with Crippen LogP contribution in [0.5, 0.6) is 0 Å². The highest BCUT2D eigenvalue weighted by Crippen LogP contribution is 1.99. The molecule has 0 fully saturated rings. The molecule has 0 aliphatic rings. The Balaban J connectivity index is 2.62. The largest absolute Gasteiger partial charge is 0.346 e. The van der Waals surface area contributed by atoms with Crippen molar-refractivity contribution in [3.05, 3.63) is 47.4 Å². The van der Waals surface area contributed by atoms with E-state index in [1.165, 1.54) is 6.08 Å². The molecule has 4 nitrogen and oxygen atoms in total. The Morgan fingerprint density at radius 3 is 2.41 bits per heavy atom. The molecule has 0 aliphatic carbocycles. The summed E-state index contributed by atoms with van der Waals surface area (Å²) in [5.74, 6) is -0.226. The molecule has 0 heterocycles. The Morgan fingerprint density at radius 2 is 1.88 bits per heavy atom. The monoisotopic (exact) mass is 253 g/mol. The predicted octanol–water partition coefficient (Wildman–Crippen LogP) is 1.36. The summed E-state index contributed by atoms with van der Waals surface area (Å²) >= 11 is 0. The smallest absolute Gasteiger partial charge is 0.251 e. The molecule has 1 atom stereocenters. The van der Waals surface area contributed by atoms with E-state index >= 15 is 0 Å². The third-order valence-corrected chi connectivity index (χ3v) is 2.66. The van der Waals surface area contributed by atoms with Crippen LogP contribution in [0, 0.1) is 0 Å². The molecule has 1 amide bonds. The van der Waals surface area contributed by atoms with E-state index in [1.807, 2.05) is 6.07 Å². The quantitative estimate of drug-likeness (QED) is 0.881. The summed E-state index contributed by atoms with van der Waals surface area (Å²) in [7, 11) is -3.15. The molecule has 0 spiro atoms. The number of hydrogen-bond acceptors (Lipinski definition) is 3. The maximum atomic E-state index is 11.7. The lowest BCUT2D eigenvalue weighted by Crippen LogP contribution is -2.31. The maximum Gasteiger partial charge on any atom is 0.251 e. The van der Waals surface area contributed by atoms with Crippen LogP contribution in [-0.4, -0.2) is 26.6 Å². The summed E-state index contributed by atoms with van der Waals surface area (Å²) in [6.07, 6.45) is 2.55. The summed E-state index contributed by atoms with van der Waals surface area (Å²) in [5.41, 5.74) is 0.548. The van der Waals surface area contributed by atoms with Gasteiger partial charge >= 0.3 is 0 Å². The Bertz CT molecular complexity index is 506. The van der Waals surface area contributed by atoms with Crippen LogP contribution >= 0.6 is 0 Å². The first kappa shape index (κ1) is 13.4. The zero-order valence-electron chi connectivity index (χ0n) is 9.75. The Kier molecular flexibility index (Phi) is 4.45. The summed E-state index contributed by atoms with van der Waals surface area (Å²) in [6, 6.07) is 8.42. The van der Waals surface area contributed by atoms with Crippen LogP contribution in [0.2, 0.25) is 0 Å². The molecular formula is C12H15NO3S. The molecule has 0 saturated heterocycles. The molecule has 0 radical (unpaired) electrons. The van der Waals surface area contributed by atoms with Crippen molar-refractivity contribution in [3.8, 4) is 0 Å². The highest BCUT2D eigenvalue weighted by molar-refractivity contribution is 7.93. The van der Waals surface area contributed by atoms with Crippen molar-refractivity contribution in [3.63, 3.8) is 0 Å². The number of amides is 1. The van der Waals surface area contributed by atoms with Gasteiger partial charge in [0, 0.05) is 23.3 Å². The first-order valence-corrected chi connectivity index (χ1v) is 7.08. The molecular weight excluding hydrogens is 238 g/mol. The van der Waals surface area contributed by atoms with Gasteiger partial charge in [-0.05, 0) is 19.1 Å². The highest BCUT2D eigenvalue weighted by Gasteiger charge is 2.07. The molecule has 1 aromatic rings. The maximum absolute atomic E-state index is 11.7. The number of carbonyl (C=O) groups is 1. The zero-order chi connectivity index (χ0) is 12.9. The fraction of sp³-hybridized carbons (Fsp3) is 0.250. The number of nitrogens with one attached hydrogen (secondary N) is 1. The third-order valence-electron chi connectivity index (χ3n) is 2.01. The van der Waals surface area contributed by atoms with Crippen molar-refractivity contribution < 1.29 is 13.2 Å². The molecule has 0 aromatic heterocycles. The molecule has 5 heteroatoms. The molecule has 0 unspecified atom stereocenters. The van der Waals surface area contributed by atoms with Crippen LogP contribution in [0.25, 0.3) is 0 Å². The lowest BCUT2D eigenvalue weighted by Gasteiger charge is -2.09. The van der Waals surface area contributed by atoms with Crippen LogP contribution in [0.4, 0.5) is 0 Å².